The first-order chi connectivity index (χ1) is 7.09. The van der Waals surface area contributed by atoms with E-state index < -0.39 is 6.29 Å². The molecule has 1 aliphatic heterocycles. The molecule has 0 bridgehead atoms. The van der Waals surface area contributed by atoms with Crippen molar-refractivity contribution in [3.63, 3.8) is 0 Å². The van der Waals surface area contributed by atoms with Crippen molar-refractivity contribution in [2.45, 2.75) is 45.8 Å². The third-order valence-electron chi connectivity index (χ3n) is 2.52. The minimum atomic E-state index is -0.959. The number of ether oxygens (including phenoxy) is 1. The van der Waals surface area contributed by atoms with Gasteiger partial charge in [0.1, 0.15) is 0 Å². The Labute approximate surface area is 91.2 Å². The van der Waals surface area contributed by atoms with Crippen molar-refractivity contribution in [3.8, 4) is 0 Å². The molecule has 0 saturated carbocycles. The van der Waals surface area contributed by atoms with E-state index >= 15 is 0 Å². The van der Waals surface area contributed by atoms with Crippen LogP contribution in [0.2, 0.25) is 0 Å². The van der Waals surface area contributed by atoms with Crippen LogP contribution in [0, 0.1) is 5.92 Å². The normalized spacial score (nSPS) is 19.1. The molecule has 1 rings (SSSR count). The first kappa shape index (κ1) is 12.3. The van der Waals surface area contributed by atoms with Gasteiger partial charge in [0.15, 0.2) is 0 Å². The monoisotopic (exact) mass is 215 g/mol. The van der Waals surface area contributed by atoms with Crippen molar-refractivity contribution in [2.75, 3.05) is 13.1 Å². The second-order valence-electron chi connectivity index (χ2n) is 4.52. The van der Waals surface area contributed by atoms with Crippen LogP contribution in [0.3, 0.4) is 0 Å². The van der Waals surface area contributed by atoms with Crippen LogP contribution in [0.1, 0.15) is 39.5 Å². The molecule has 0 aliphatic carbocycles. The molecule has 1 fully saturated rings. The maximum Gasteiger partial charge on any atom is 0.412 e. The lowest BCUT2D eigenvalue weighted by atomic mass is 10.1. The van der Waals surface area contributed by atoms with E-state index in [0.717, 1.165) is 25.9 Å². The quantitative estimate of drug-likeness (QED) is 0.732. The highest BCUT2D eigenvalue weighted by Gasteiger charge is 2.20. The van der Waals surface area contributed by atoms with Crippen molar-refractivity contribution in [1.29, 1.82) is 0 Å². The molecule has 1 heterocycles. The van der Waals surface area contributed by atoms with Crippen LogP contribution < -0.4 is 0 Å². The first-order valence-corrected chi connectivity index (χ1v) is 5.73. The summed E-state index contributed by atoms with van der Waals surface area (Å²) in [5.74, 6) is 0.328. The molecule has 15 heavy (non-hydrogen) atoms. The largest absolute Gasteiger partial charge is 0.420 e. The van der Waals surface area contributed by atoms with Crippen LogP contribution in [0.15, 0.2) is 0 Å². The summed E-state index contributed by atoms with van der Waals surface area (Å²) in [4.78, 5) is 13.2. The number of carbonyl (C=O) groups excluding carboxylic acids is 1. The van der Waals surface area contributed by atoms with Crippen LogP contribution in [-0.2, 0) is 4.74 Å². The number of aliphatic hydroxyl groups is 1. The van der Waals surface area contributed by atoms with Crippen LogP contribution in [0.4, 0.5) is 4.79 Å². The highest BCUT2D eigenvalue weighted by molar-refractivity contribution is 5.67. The predicted molar refractivity (Wildman–Crippen MR) is 57.4 cm³/mol. The van der Waals surface area contributed by atoms with E-state index in [0.29, 0.717) is 12.3 Å². The number of aliphatic hydroxyl groups excluding tert-OH is 1. The molecule has 0 radical (unpaired) electrons. The van der Waals surface area contributed by atoms with Crippen molar-refractivity contribution >= 4 is 6.09 Å². The Bertz CT molecular complexity index is 200. The lowest BCUT2D eigenvalue weighted by molar-refractivity contribution is -0.0755. The van der Waals surface area contributed by atoms with Crippen molar-refractivity contribution < 1.29 is 14.6 Å². The lowest BCUT2D eigenvalue weighted by Crippen LogP contribution is -2.38. The Morgan fingerprint density at radius 1 is 1.33 bits per heavy atom. The average Bonchev–Trinajstić information content (AvgIpc) is 2.17. The van der Waals surface area contributed by atoms with E-state index in [2.05, 4.69) is 0 Å². The number of hydrogen-bond donors (Lipinski definition) is 1. The van der Waals surface area contributed by atoms with Crippen molar-refractivity contribution in [1.82, 2.24) is 4.90 Å². The van der Waals surface area contributed by atoms with E-state index in [1.807, 2.05) is 13.8 Å². The number of amides is 1. The van der Waals surface area contributed by atoms with Gasteiger partial charge in [-0.15, -0.1) is 0 Å². The highest BCUT2D eigenvalue weighted by Crippen LogP contribution is 2.12. The second-order valence-corrected chi connectivity index (χ2v) is 4.52. The Morgan fingerprint density at radius 3 is 2.47 bits per heavy atom. The van der Waals surface area contributed by atoms with Gasteiger partial charge in [-0.05, 0) is 25.2 Å². The van der Waals surface area contributed by atoms with Gasteiger partial charge in [0.2, 0.25) is 6.29 Å². The molecule has 1 aliphatic rings. The summed E-state index contributed by atoms with van der Waals surface area (Å²) in [5, 5.41) is 9.45. The van der Waals surface area contributed by atoms with Crippen LogP contribution in [-0.4, -0.2) is 35.5 Å². The molecular weight excluding hydrogens is 194 g/mol. The number of carbonyl (C=O) groups is 1. The molecule has 1 unspecified atom stereocenters. The summed E-state index contributed by atoms with van der Waals surface area (Å²) in [5.41, 5.74) is 0. The van der Waals surface area contributed by atoms with E-state index in [1.54, 1.807) is 4.90 Å². The average molecular weight is 215 g/mol. The van der Waals surface area contributed by atoms with E-state index in [-0.39, 0.29) is 6.09 Å². The molecular formula is C11H21NO3. The predicted octanol–water partition coefficient (Wildman–Crippen LogP) is 1.97. The number of hydrogen-bond acceptors (Lipinski definition) is 3. The van der Waals surface area contributed by atoms with Gasteiger partial charge in [-0.25, -0.2) is 4.79 Å². The lowest BCUT2D eigenvalue weighted by Gasteiger charge is -2.27. The Hall–Kier alpha value is -0.770. The van der Waals surface area contributed by atoms with Crippen LogP contribution in [0.5, 0.6) is 0 Å². The fraction of sp³-hybridized carbons (Fsp3) is 0.909. The molecule has 4 nitrogen and oxygen atoms in total. The van der Waals surface area contributed by atoms with Gasteiger partial charge >= 0.3 is 6.09 Å². The smallest absolute Gasteiger partial charge is 0.412 e. The Kier molecular flexibility index (Phi) is 4.88. The van der Waals surface area contributed by atoms with Gasteiger partial charge in [0.25, 0.3) is 0 Å². The fourth-order valence-electron chi connectivity index (χ4n) is 1.72. The minimum absolute atomic E-state index is 0.328. The van der Waals surface area contributed by atoms with Gasteiger partial charge in [-0.2, -0.15) is 0 Å². The topological polar surface area (TPSA) is 49.8 Å². The fourth-order valence-corrected chi connectivity index (χ4v) is 1.72. The van der Waals surface area contributed by atoms with Gasteiger partial charge in [-0.1, -0.05) is 13.8 Å². The highest BCUT2D eigenvalue weighted by atomic mass is 16.6. The molecule has 1 atom stereocenters. The summed E-state index contributed by atoms with van der Waals surface area (Å²) in [7, 11) is 0. The second kappa shape index (κ2) is 5.95. The maximum atomic E-state index is 11.5. The van der Waals surface area contributed by atoms with Crippen LogP contribution in [0.25, 0.3) is 0 Å². The van der Waals surface area contributed by atoms with Gasteiger partial charge in [-0.3, -0.25) is 0 Å². The zero-order chi connectivity index (χ0) is 11.3. The number of nitrogens with zero attached hydrogens (tertiary/aromatic N) is 1. The summed E-state index contributed by atoms with van der Waals surface area (Å²) >= 11 is 0. The zero-order valence-electron chi connectivity index (χ0n) is 9.61. The summed E-state index contributed by atoms with van der Waals surface area (Å²) in [6.45, 7) is 5.48. The molecule has 1 amide bonds. The van der Waals surface area contributed by atoms with E-state index in [4.69, 9.17) is 4.74 Å². The third-order valence-corrected chi connectivity index (χ3v) is 2.52. The Morgan fingerprint density at radius 2 is 1.93 bits per heavy atom. The van der Waals surface area contributed by atoms with Gasteiger partial charge in [0.05, 0.1) is 0 Å². The molecule has 0 spiro atoms. The Balaban J connectivity index is 2.27. The summed E-state index contributed by atoms with van der Waals surface area (Å²) in [6.07, 6.45) is 2.42. The molecule has 1 saturated heterocycles. The summed E-state index contributed by atoms with van der Waals surface area (Å²) < 4.78 is 4.94. The molecule has 88 valence electrons. The van der Waals surface area contributed by atoms with Crippen molar-refractivity contribution in [3.05, 3.63) is 0 Å². The van der Waals surface area contributed by atoms with E-state index in [9.17, 15) is 9.90 Å². The summed E-state index contributed by atoms with van der Waals surface area (Å²) in [6, 6.07) is 0. The molecule has 1 N–H and O–H groups in total. The zero-order valence-corrected chi connectivity index (χ0v) is 9.61. The molecule has 4 heteroatoms. The van der Waals surface area contributed by atoms with Gasteiger partial charge in [0, 0.05) is 19.5 Å². The molecule has 0 aromatic carbocycles. The minimum Gasteiger partial charge on any atom is -0.420 e. The number of piperidine rings is 1. The van der Waals surface area contributed by atoms with E-state index in [1.165, 1.54) is 6.42 Å². The van der Waals surface area contributed by atoms with Gasteiger partial charge < -0.3 is 14.7 Å². The van der Waals surface area contributed by atoms with Crippen LogP contribution >= 0.6 is 0 Å². The molecule has 0 aromatic rings. The number of likely N-dealkylation sites (tertiary alicyclic amines) is 1. The first-order valence-electron chi connectivity index (χ1n) is 5.73. The number of rotatable bonds is 3. The molecule has 0 aromatic heterocycles. The maximum absolute atomic E-state index is 11.5. The third kappa shape index (κ3) is 4.51. The van der Waals surface area contributed by atoms with Crippen molar-refractivity contribution in [2.24, 2.45) is 5.92 Å². The SMILES string of the molecule is CC(C)CC(O)OC(=O)N1CCCCC1. The standard InChI is InChI=1S/C11H21NO3/c1-9(2)8-10(13)15-11(14)12-6-4-3-5-7-12/h9-10,13H,3-8H2,1-2H3.